The molecule has 0 amide bonds. The van der Waals surface area contributed by atoms with Gasteiger partial charge in [0, 0.05) is 24.8 Å². The van der Waals surface area contributed by atoms with Crippen LogP contribution in [-0.2, 0) is 33.3 Å². The molecule has 31 heavy (non-hydrogen) atoms. The number of carbonyl (C=O) groups excluding carboxylic acids is 3. The minimum Gasteiger partial charge on any atom is -0.463 e. The van der Waals surface area contributed by atoms with Gasteiger partial charge in [-0.25, -0.2) is 14.4 Å². The first kappa shape index (κ1) is 22.4. The van der Waals surface area contributed by atoms with E-state index in [4.69, 9.17) is 24.2 Å². The lowest BCUT2D eigenvalue weighted by molar-refractivity contribution is -0.165. The van der Waals surface area contributed by atoms with Gasteiger partial charge in [0.25, 0.3) is 0 Å². The monoisotopic (exact) mass is 437 g/mol. The van der Waals surface area contributed by atoms with Crippen LogP contribution >= 0.6 is 0 Å². The zero-order valence-corrected chi connectivity index (χ0v) is 16.8. The second-order valence-corrected chi connectivity index (χ2v) is 6.96. The summed E-state index contributed by atoms with van der Waals surface area (Å²) in [7, 11) is 0. The number of hydrogen-bond donors (Lipinski definition) is 2. The minimum atomic E-state index is -1.20. The van der Waals surface area contributed by atoms with Crippen molar-refractivity contribution in [3.05, 3.63) is 34.9 Å². The zero-order valence-electron chi connectivity index (χ0n) is 16.8. The van der Waals surface area contributed by atoms with E-state index < -0.39 is 48.1 Å². The maximum absolute atomic E-state index is 12.4. The minimum absolute atomic E-state index is 0.0996. The lowest BCUT2D eigenvalue weighted by atomic mass is 10.1. The molecule has 2 N–H and O–H groups in total. The molecule has 0 unspecified atom stereocenters. The molecule has 0 radical (unpaired) electrons. The van der Waals surface area contributed by atoms with Crippen LogP contribution in [0.15, 0.2) is 29.2 Å². The number of rotatable bonds is 8. The highest BCUT2D eigenvalue weighted by Crippen LogP contribution is 2.34. The summed E-state index contributed by atoms with van der Waals surface area (Å²) >= 11 is 0. The van der Waals surface area contributed by atoms with E-state index in [1.807, 2.05) is 6.92 Å². The van der Waals surface area contributed by atoms with E-state index in [9.17, 15) is 19.2 Å². The third-order valence-corrected chi connectivity index (χ3v) is 4.76. The lowest BCUT2D eigenvalue weighted by Gasteiger charge is -2.25. The van der Waals surface area contributed by atoms with Gasteiger partial charge < -0.3 is 18.9 Å². The fourth-order valence-electron chi connectivity index (χ4n) is 3.25. The van der Waals surface area contributed by atoms with Gasteiger partial charge in [0.2, 0.25) is 0 Å². The molecule has 0 aromatic carbocycles. The fourth-order valence-corrected chi connectivity index (χ4v) is 3.25. The number of unbranched alkanes of at least 4 members (excludes halogenated alkanes) is 2. The number of nitrogens with one attached hydrogen (secondary N) is 1. The number of esters is 3. The molecule has 12 nitrogen and oxygen atoms in total. The molecule has 2 aliphatic heterocycles. The summed E-state index contributed by atoms with van der Waals surface area (Å²) in [6.45, 7) is 1.74. The van der Waals surface area contributed by atoms with Crippen molar-refractivity contribution >= 4 is 23.7 Å². The predicted molar refractivity (Wildman–Crippen MR) is 102 cm³/mol. The SMILES string of the molecule is CCCCCC(=O)OC[C@H]1O[C@@H](n2ccc(NO)nc2=O)[C@@H]2OC(=O)/C=C\C(=O)O[C@@H]21. The van der Waals surface area contributed by atoms with Crippen molar-refractivity contribution < 1.29 is 38.5 Å². The molecule has 2 aliphatic rings. The summed E-state index contributed by atoms with van der Waals surface area (Å²) in [5.74, 6) is -2.17. The Hall–Kier alpha value is -3.25. The molecule has 1 fully saturated rings. The average molecular weight is 437 g/mol. The molecule has 0 spiro atoms. The maximum Gasteiger partial charge on any atom is 0.351 e. The molecule has 1 aromatic heterocycles. The number of fused-ring (bicyclic) bond motifs is 1. The number of ether oxygens (including phenoxy) is 4. The first-order valence-electron chi connectivity index (χ1n) is 9.82. The van der Waals surface area contributed by atoms with E-state index >= 15 is 0 Å². The van der Waals surface area contributed by atoms with Gasteiger partial charge in [0.05, 0.1) is 0 Å². The van der Waals surface area contributed by atoms with Crippen LogP contribution in [0.3, 0.4) is 0 Å². The van der Waals surface area contributed by atoms with E-state index in [0.717, 1.165) is 29.6 Å². The Morgan fingerprint density at radius 1 is 1.19 bits per heavy atom. The predicted octanol–water partition coefficient (Wildman–Crippen LogP) is 0.459. The van der Waals surface area contributed by atoms with Crippen LogP contribution in [0.2, 0.25) is 0 Å². The van der Waals surface area contributed by atoms with Crippen LogP contribution in [0.1, 0.15) is 38.8 Å². The Morgan fingerprint density at radius 3 is 2.55 bits per heavy atom. The summed E-state index contributed by atoms with van der Waals surface area (Å²) in [6, 6.07) is 1.29. The van der Waals surface area contributed by atoms with Gasteiger partial charge in [0.15, 0.2) is 24.3 Å². The van der Waals surface area contributed by atoms with Crippen molar-refractivity contribution in [2.45, 2.75) is 57.1 Å². The van der Waals surface area contributed by atoms with Crippen molar-refractivity contribution in [1.29, 1.82) is 0 Å². The number of carbonyl (C=O) groups is 3. The van der Waals surface area contributed by atoms with E-state index in [0.29, 0.717) is 6.42 Å². The van der Waals surface area contributed by atoms with Crippen LogP contribution < -0.4 is 11.2 Å². The fraction of sp³-hybridized carbons (Fsp3) is 0.526. The van der Waals surface area contributed by atoms with Crippen LogP contribution in [0.25, 0.3) is 0 Å². The molecule has 12 heteroatoms. The Morgan fingerprint density at radius 2 is 1.90 bits per heavy atom. The molecule has 4 atom stereocenters. The summed E-state index contributed by atoms with van der Waals surface area (Å²) < 4.78 is 22.8. The molecular formula is C19H23N3O9. The highest BCUT2D eigenvalue weighted by atomic mass is 16.7. The largest absolute Gasteiger partial charge is 0.463 e. The third-order valence-electron chi connectivity index (χ3n) is 4.76. The van der Waals surface area contributed by atoms with Gasteiger partial charge in [-0.3, -0.25) is 20.0 Å². The van der Waals surface area contributed by atoms with Gasteiger partial charge in [-0.05, 0) is 12.5 Å². The van der Waals surface area contributed by atoms with Crippen LogP contribution in [0, 0.1) is 0 Å². The van der Waals surface area contributed by atoms with Gasteiger partial charge >= 0.3 is 23.6 Å². The smallest absolute Gasteiger partial charge is 0.351 e. The van der Waals surface area contributed by atoms with Crippen molar-refractivity contribution in [2.75, 3.05) is 12.1 Å². The Bertz CT molecular complexity index is 913. The topological polar surface area (TPSA) is 155 Å². The van der Waals surface area contributed by atoms with Crippen LogP contribution in [0.4, 0.5) is 5.82 Å². The Kier molecular flexibility index (Phi) is 7.36. The molecule has 3 rings (SSSR count). The van der Waals surface area contributed by atoms with E-state index in [2.05, 4.69) is 4.98 Å². The zero-order chi connectivity index (χ0) is 22.4. The summed E-state index contributed by atoms with van der Waals surface area (Å²) in [5, 5.41) is 8.90. The summed E-state index contributed by atoms with van der Waals surface area (Å²) in [6.07, 6.45) is 1.30. The second kappa shape index (κ2) is 10.2. The molecule has 1 aromatic rings. The molecule has 0 saturated carbocycles. The lowest BCUT2D eigenvalue weighted by Crippen LogP contribution is -2.43. The highest BCUT2D eigenvalue weighted by Gasteiger charge is 2.51. The van der Waals surface area contributed by atoms with Gasteiger partial charge in [0.1, 0.15) is 12.7 Å². The molecule has 3 heterocycles. The normalized spacial score (nSPS) is 26.1. The van der Waals surface area contributed by atoms with Gasteiger partial charge in [-0.2, -0.15) is 4.98 Å². The molecule has 168 valence electrons. The second-order valence-electron chi connectivity index (χ2n) is 6.96. The maximum atomic E-state index is 12.4. The van der Waals surface area contributed by atoms with Gasteiger partial charge in [-0.1, -0.05) is 19.8 Å². The molecule has 0 bridgehead atoms. The summed E-state index contributed by atoms with van der Waals surface area (Å²) in [4.78, 5) is 51.9. The average Bonchev–Trinajstić information content (AvgIpc) is 3.06. The number of aromatic nitrogens is 2. The van der Waals surface area contributed by atoms with Crippen LogP contribution in [-0.4, -0.2) is 57.6 Å². The summed E-state index contributed by atoms with van der Waals surface area (Å²) in [5.41, 5.74) is 0.929. The third kappa shape index (κ3) is 5.47. The molecule has 0 aliphatic carbocycles. The Balaban J connectivity index is 1.82. The first-order chi connectivity index (χ1) is 14.9. The van der Waals surface area contributed by atoms with E-state index in [1.54, 1.807) is 5.48 Å². The number of anilines is 1. The van der Waals surface area contributed by atoms with Crippen molar-refractivity contribution in [3.63, 3.8) is 0 Å². The van der Waals surface area contributed by atoms with Crippen molar-refractivity contribution in [1.82, 2.24) is 9.55 Å². The number of hydrogen-bond acceptors (Lipinski definition) is 11. The van der Waals surface area contributed by atoms with Crippen molar-refractivity contribution in [3.8, 4) is 0 Å². The Labute approximate surface area is 176 Å². The molecular weight excluding hydrogens is 414 g/mol. The highest BCUT2D eigenvalue weighted by molar-refractivity contribution is 5.92. The standard InChI is InChI=1S/C19H23N3O9/c1-2-3-4-5-13(23)28-10-11-16-17(31-15(25)7-6-14(24)30-16)18(29-11)22-9-8-12(21-27)20-19(22)26/h6-9,11,16-18,27H,2-5,10H2,1H3,(H,20,21,26)/b7-6-/t11-,16-,17-,18-/m1/s1. The van der Waals surface area contributed by atoms with Gasteiger partial charge in [-0.15, -0.1) is 0 Å². The first-order valence-corrected chi connectivity index (χ1v) is 9.82. The molecule has 1 saturated heterocycles. The van der Waals surface area contributed by atoms with Crippen LogP contribution in [0.5, 0.6) is 0 Å². The number of nitrogens with zero attached hydrogens (tertiary/aromatic N) is 2. The van der Waals surface area contributed by atoms with E-state index in [-0.39, 0.29) is 18.8 Å². The van der Waals surface area contributed by atoms with Crippen molar-refractivity contribution in [2.24, 2.45) is 0 Å². The quantitative estimate of drug-likeness (QED) is 0.252. The van der Waals surface area contributed by atoms with E-state index in [1.165, 1.54) is 12.3 Å².